The van der Waals surface area contributed by atoms with Gasteiger partial charge in [-0.2, -0.15) is 0 Å². The SMILES string of the molecule is CC(C)(CCO)Nc1ncnc(Cl)c1C=O. The molecule has 1 heterocycles. The van der Waals surface area contributed by atoms with E-state index in [9.17, 15) is 4.79 Å². The second-order valence-electron chi connectivity index (χ2n) is 4.03. The molecule has 0 atom stereocenters. The third kappa shape index (κ3) is 3.15. The molecule has 6 heteroatoms. The van der Waals surface area contributed by atoms with Gasteiger partial charge in [-0.25, -0.2) is 9.97 Å². The van der Waals surface area contributed by atoms with Crippen LogP contribution in [0.3, 0.4) is 0 Å². The Hall–Kier alpha value is -1.20. The van der Waals surface area contributed by atoms with Crippen molar-refractivity contribution in [3.63, 3.8) is 0 Å². The summed E-state index contributed by atoms with van der Waals surface area (Å²) in [6.45, 7) is 3.84. The number of hydrogen-bond acceptors (Lipinski definition) is 5. The van der Waals surface area contributed by atoms with Crippen LogP contribution in [-0.4, -0.2) is 33.5 Å². The van der Waals surface area contributed by atoms with E-state index < -0.39 is 0 Å². The highest BCUT2D eigenvalue weighted by molar-refractivity contribution is 6.32. The lowest BCUT2D eigenvalue weighted by Crippen LogP contribution is -2.33. The van der Waals surface area contributed by atoms with Crippen LogP contribution in [-0.2, 0) is 0 Å². The van der Waals surface area contributed by atoms with Gasteiger partial charge in [-0.05, 0) is 20.3 Å². The molecule has 0 radical (unpaired) electrons. The number of aromatic nitrogens is 2. The minimum atomic E-state index is -0.371. The summed E-state index contributed by atoms with van der Waals surface area (Å²) in [6, 6.07) is 0. The van der Waals surface area contributed by atoms with Crippen LogP contribution in [0.25, 0.3) is 0 Å². The summed E-state index contributed by atoms with van der Waals surface area (Å²) >= 11 is 5.76. The number of nitrogens with zero attached hydrogens (tertiary/aromatic N) is 2. The predicted octanol–water partition coefficient (Wildman–Crippen LogP) is 1.52. The first-order valence-corrected chi connectivity index (χ1v) is 5.22. The van der Waals surface area contributed by atoms with E-state index in [0.717, 1.165) is 0 Å². The summed E-state index contributed by atoms with van der Waals surface area (Å²) in [6.07, 6.45) is 2.43. The number of aliphatic hydroxyl groups is 1. The Labute approximate surface area is 98.9 Å². The monoisotopic (exact) mass is 243 g/mol. The van der Waals surface area contributed by atoms with Crippen LogP contribution in [0.4, 0.5) is 5.82 Å². The lowest BCUT2D eigenvalue weighted by Gasteiger charge is -2.26. The van der Waals surface area contributed by atoms with Crippen molar-refractivity contribution in [1.82, 2.24) is 9.97 Å². The second-order valence-corrected chi connectivity index (χ2v) is 4.39. The van der Waals surface area contributed by atoms with Gasteiger partial charge in [-0.1, -0.05) is 11.6 Å². The Morgan fingerprint density at radius 3 is 2.81 bits per heavy atom. The van der Waals surface area contributed by atoms with E-state index in [1.807, 2.05) is 13.8 Å². The van der Waals surface area contributed by atoms with Crippen molar-refractivity contribution in [2.45, 2.75) is 25.8 Å². The zero-order chi connectivity index (χ0) is 12.2. The van der Waals surface area contributed by atoms with Gasteiger partial charge in [0.1, 0.15) is 17.3 Å². The van der Waals surface area contributed by atoms with Crippen molar-refractivity contribution in [1.29, 1.82) is 0 Å². The molecule has 1 aromatic rings. The fourth-order valence-corrected chi connectivity index (χ4v) is 1.42. The first-order valence-electron chi connectivity index (χ1n) is 4.85. The summed E-state index contributed by atoms with van der Waals surface area (Å²) in [5.74, 6) is 0.383. The van der Waals surface area contributed by atoms with Crippen molar-refractivity contribution in [3.05, 3.63) is 17.0 Å². The molecule has 0 saturated heterocycles. The average Bonchev–Trinajstić information content (AvgIpc) is 2.17. The topological polar surface area (TPSA) is 75.1 Å². The van der Waals surface area contributed by atoms with Crippen LogP contribution in [0.2, 0.25) is 5.15 Å². The lowest BCUT2D eigenvalue weighted by molar-refractivity contribution is 0.112. The Morgan fingerprint density at radius 1 is 1.56 bits per heavy atom. The molecule has 0 fully saturated rings. The predicted molar refractivity (Wildman–Crippen MR) is 61.8 cm³/mol. The molecule has 1 rings (SSSR count). The quantitative estimate of drug-likeness (QED) is 0.606. The van der Waals surface area contributed by atoms with Crippen LogP contribution in [0, 0.1) is 0 Å². The molecule has 2 N–H and O–H groups in total. The summed E-state index contributed by atoms with van der Waals surface area (Å²) in [5.41, 5.74) is -0.139. The maximum absolute atomic E-state index is 10.8. The van der Waals surface area contributed by atoms with Gasteiger partial charge >= 0.3 is 0 Å². The molecule has 0 amide bonds. The number of carbonyl (C=O) groups is 1. The highest BCUT2D eigenvalue weighted by Crippen LogP contribution is 2.22. The molecule has 88 valence electrons. The molecule has 0 spiro atoms. The average molecular weight is 244 g/mol. The fraction of sp³-hybridized carbons (Fsp3) is 0.500. The van der Waals surface area contributed by atoms with Crippen molar-refractivity contribution in [2.75, 3.05) is 11.9 Å². The summed E-state index contributed by atoms with van der Waals surface area (Å²) in [7, 11) is 0. The Balaban J connectivity index is 2.97. The molecule has 0 aromatic carbocycles. The van der Waals surface area contributed by atoms with Crippen molar-refractivity contribution < 1.29 is 9.90 Å². The third-order valence-corrected chi connectivity index (χ3v) is 2.45. The van der Waals surface area contributed by atoms with Gasteiger partial charge in [0, 0.05) is 12.1 Å². The molecule has 0 bridgehead atoms. The number of aldehydes is 1. The maximum atomic E-state index is 10.8. The van der Waals surface area contributed by atoms with Crippen LogP contribution in [0.15, 0.2) is 6.33 Å². The Kier molecular flexibility index (Phi) is 4.20. The first-order chi connectivity index (χ1) is 7.50. The summed E-state index contributed by atoms with van der Waals surface area (Å²) < 4.78 is 0. The molecule has 5 nitrogen and oxygen atoms in total. The van der Waals surface area contributed by atoms with Crippen LogP contribution in [0.1, 0.15) is 30.6 Å². The van der Waals surface area contributed by atoms with Crippen LogP contribution >= 0.6 is 11.6 Å². The van der Waals surface area contributed by atoms with E-state index in [1.54, 1.807) is 0 Å². The highest BCUT2D eigenvalue weighted by atomic mass is 35.5. The summed E-state index contributed by atoms with van der Waals surface area (Å²) in [4.78, 5) is 18.5. The minimum absolute atomic E-state index is 0.0508. The van der Waals surface area contributed by atoms with E-state index in [4.69, 9.17) is 16.7 Å². The van der Waals surface area contributed by atoms with Crippen molar-refractivity contribution in [2.24, 2.45) is 0 Å². The van der Waals surface area contributed by atoms with Gasteiger partial charge in [0.25, 0.3) is 0 Å². The van der Waals surface area contributed by atoms with Gasteiger partial charge in [-0.3, -0.25) is 4.79 Å². The highest BCUT2D eigenvalue weighted by Gasteiger charge is 2.20. The lowest BCUT2D eigenvalue weighted by atomic mass is 10.0. The molecular formula is C10H14ClN3O2. The first kappa shape index (κ1) is 12.9. The largest absolute Gasteiger partial charge is 0.396 e. The molecule has 16 heavy (non-hydrogen) atoms. The molecule has 0 unspecified atom stereocenters. The van der Waals surface area contributed by atoms with Crippen molar-refractivity contribution >= 4 is 23.7 Å². The van der Waals surface area contributed by atoms with Gasteiger partial charge in [0.15, 0.2) is 6.29 Å². The second kappa shape index (κ2) is 5.23. The molecule has 0 saturated carbocycles. The summed E-state index contributed by atoms with van der Waals surface area (Å²) in [5, 5.41) is 12.1. The maximum Gasteiger partial charge on any atom is 0.156 e. The number of rotatable bonds is 5. The van der Waals surface area contributed by atoms with Crippen LogP contribution < -0.4 is 5.32 Å². The minimum Gasteiger partial charge on any atom is -0.396 e. The van der Waals surface area contributed by atoms with Gasteiger partial charge in [0.05, 0.1) is 5.56 Å². The van der Waals surface area contributed by atoms with E-state index >= 15 is 0 Å². The van der Waals surface area contributed by atoms with Gasteiger partial charge < -0.3 is 10.4 Å². The molecule has 0 aliphatic carbocycles. The zero-order valence-corrected chi connectivity index (χ0v) is 9.95. The van der Waals surface area contributed by atoms with Gasteiger partial charge in [0.2, 0.25) is 0 Å². The van der Waals surface area contributed by atoms with E-state index in [0.29, 0.717) is 18.5 Å². The van der Waals surface area contributed by atoms with E-state index in [-0.39, 0.29) is 22.9 Å². The molecule has 0 aliphatic heterocycles. The normalized spacial score (nSPS) is 11.2. The molecule has 0 aliphatic rings. The van der Waals surface area contributed by atoms with Crippen LogP contribution in [0.5, 0.6) is 0 Å². The molecule has 1 aromatic heterocycles. The smallest absolute Gasteiger partial charge is 0.156 e. The number of nitrogens with one attached hydrogen (secondary N) is 1. The van der Waals surface area contributed by atoms with Gasteiger partial charge in [-0.15, -0.1) is 0 Å². The Morgan fingerprint density at radius 2 is 2.25 bits per heavy atom. The number of aliphatic hydroxyl groups excluding tert-OH is 1. The number of hydrogen-bond donors (Lipinski definition) is 2. The number of halogens is 1. The fourth-order valence-electron chi connectivity index (χ4n) is 1.24. The molecular weight excluding hydrogens is 230 g/mol. The van der Waals surface area contributed by atoms with Crippen molar-refractivity contribution in [3.8, 4) is 0 Å². The van der Waals surface area contributed by atoms with E-state index in [1.165, 1.54) is 6.33 Å². The zero-order valence-electron chi connectivity index (χ0n) is 9.20. The van der Waals surface area contributed by atoms with E-state index in [2.05, 4.69) is 15.3 Å². The Bertz CT molecular complexity index is 382. The standard InChI is InChI=1S/C10H14ClN3O2/c1-10(2,3-4-15)14-9-7(5-16)8(11)12-6-13-9/h5-6,15H,3-4H2,1-2H3,(H,12,13,14). The number of anilines is 1. The third-order valence-electron chi connectivity index (χ3n) is 2.15. The number of carbonyl (C=O) groups excluding carboxylic acids is 1.